The van der Waals surface area contributed by atoms with E-state index in [1.54, 1.807) is 0 Å². The van der Waals surface area contributed by atoms with Gasteiger partial charge in [0, 0.05) is 18.3 Å². The van der Waals surface area contributed by atoms with Crippen molar-refractivity contribution in [2.24, 2.45) is 4.99 Å². The molecular weight excluding hydrogens is 282 g/mol. The van der Waals surface area contributed by atoms with Crippen LogP contribution in [0.25, 0.3) is 0 Å². The predicted molar refractivity (Wildman–Crippen MR) is 67.9 cm³/mol. The molecule has 1 unspecified atom stereocenters. The smallest absolute Gasteiger partial charge is 0.326 e. The number of isocyanates is 1. The van der Waals surface area contributed by atoms with E-state index in [-0.39, 0.29) is 6.42 Å². The molecule has 0 aliphatic rings. The highest BCUT2D eigenvalue weighted by Crippen LogP contribution is 1.98. The first kappa shape index (κ1) is 16.1. The molecule has 1 aromatic heterocycles. The number of rotatable bonds is 8. The van der Waals surface area contributed by atoms with Crippen molar-refractivity contribution in [1.82, 2.24) is 20.6 Å². The van der Waals surface area contributed by atoms with Gasteiger partial charge in [0.05, 0.1) is 12.9 Å². The third-order valence-corrected chi connectivity index (χ3v) is 2.35. The van der Waals surface area contributed by atoms with Crippen LogP contribution in [-0.2, 0) is 25.6 Å². The molecule has 0 spiro atoms. The average molecular weight is 295 g/mol. The van der Waals surface area contributed by atoms with Gasteiger partial charge in [-0.15, -0.1) is 0 Å². The van der Waals surface area contributed by atoms with Gasteiger partial charge in [-0.05, 0) is 0 Å². The molecule has 21 heavy (non-hydrogen) atoms. The van der Waals surface area contributed by atoms with E-state index in [0.29, 0.717) is 5.69 Å². The number of carboxylic acids is 1. The van der Waals surface area contributed by atoms with Gasteiger partial charge in [0.15, 0.2) is 0 Å². The lowest BCUT2D eigenvalue weighted by Crippen LogP contribution is -2.46. The first-order valence-electron chi connectivity index (χ1n) is 5.82. The number of aromatic nitrogens is 2. The van der Waals surface area contributed by atoms with Crippen molar-refractivity contribution in [1.29, 1.82) is 0 Å². The van der Waals surface area contributed by atoms with Gasteiger partial charge in [-0.1, -0.05) is 0 Å². The highest BCUT2D eigenvalue weighted by molar-refractivity contribution is 5.88. The highest BCUT2D eigenvalue weighted by atomic mass is 16.4. The minimum absolute atomic E-state index is 0.0322. The number of hydrogen-bond donors (Lipinski definition) is 4. The van der Waals surface area contributed by atoms with Crippen LogP contribution >= 0.6 is 0 Å². The molecule has 0 saturated carbocycles. The minimum Gasteiger partial charge on any atom is -0.480 e. The van der Waals surface area contributed by atoms with Crippen LogP contribution in [0.2, 0.25) is 0 Å². The van der Waals surface area contributed by atoms with Gasteiger partial charge < -0.3 is 20.7 Å². The van der Waals surface area contributed by atoms with Gasteiger partial charge in [-0.2, -0.15) is 4.99 Å². The summed E-state index contributed by atoms with van der Waals surface area (Å²) < 4.78 is 0. The topological polar surface area (TPSA) is 154 Å². The molecule has 0 aliphatic carbocycles. The average Bonchev–Trinajstić information content (AvgIpc) is 2.95. The Hall–Kier alpha value is -3.00. The first-order chi connectivity index (χ1) is 10.0. The summed E-state index contributed by atoms with van der Waals surface area (Å²) in [5.41, 5.74) is 0.548. The lowest BCUT2D eigenvalue weighted by molar-refractivity contribution is -0.141. The Morgan fingerprint density at radius 2 is 2.19 bits per heavy atom. The Bertz CT molecular complexity index is 549. The zero-order chi connectivity index (χ0) is 15.7. The summed E-state index contributed by atoms with van der Waals surface area (Å²) in [4.78, 5) is 53.0. The van der Waals surface area contributed by atoms with Crippen LogP contribution in [0.15, 0.2) is 17.5 Å². The van der Waals surface area contributed by atoms with Crippen molar-refractivity contribution in [2.45, 2.75) is 12.5 Å². The fourth-order valence-corrected chi connectivity index (χ4v) is 1.40. The molecule has 4 N–H and O–H groups in total. The maximum atomic E-state index is 11.5. The molecule has 0 fully saturated rings. The van der Waals surface area contributed by atoms with E-state index in [0.717, 1.165) is 0 Å². The number of hydrogen-bond acceptors (Lipinski definition) is 6. The number of nitrogens with one attached hydrogen (secondary N) is 3. The molecule has 1 rings (SSSR count). The third kappa shape index (κ3) is 6.12. The first-order valence-corrected chi connectivity index (χ1v) is 5.82. The summed E-state index contributed by atoms with van der Waals surface area (Å²) in [6.07, 6.45) is 4.06. The number of carbonyl (C=O) groups is 3. The summed E-state index contributed by atoms with van der Waals surface area (Å²) in [6.45, 7) is -0.854. The van der Waals surface area contributed by atoms with Crippen molar-refractivity contribution in [3.8, 4) is 0 Å². The van der Waals surface area contributed by atoms with Crippen LogP contribution in [0.1, 0.15) is 5.69 Å². The Labute approximate surface area is 118 Å². The normalized spacial score (nSPS) is 11.0. The van der Waals surface area contributed by atoms with Crippen molar-refractivity contribution >= 4 is 23.9 Å². The number of aliphatic carboxylic acids is 1. The van der Waals surface area contributed by atoms with Gasteiger partial charge >= 0.3 is 5.97 Å². The van der Waals surface area contributed by atoms with E-state index in [1.165, 1.54) is 18.6 Å². The SMILES string of the molecule is O=C=NCC(=O)NCC(=O)NC(Cc1cnc[nH]1)C(=O)O. The maximum Gasteiger partial charge on any atom is 0.326 e. The van der Waals surface area contributed by atoms with Gasteiger partial charge in [0.25, 0.3) is 0 Å². The number of amides is 2. The van der Waals surface area contributed by atoms with Crippen molar-refractivity contribution in [3.63, 3.8) is 0 Å². The molecule has 0 bridgehead atoms. The van der Waals surface area contributed by atoms with Gasteiger partial charge in [0.1, 0.15) is 12.6 Å². The quantitative estimate of drug-likeness (QED) is 0.320. The second-order valence-corrected chi connectivity index (χ2v) is 3.92. The van der Waals surface area contributed by atoms with Crippen LogP contribution in [-0.4, -0.2) is 58.1 Å². The van der Waals surface area contributed by atoms with Crippen molar-refractivity contribution < 1.29 is 24.3 Å². The molecule has 0 aliphatic heterocycles. The Kier molecular flexibility index (Phi) is 6.29. The van der Waals surface area contributed by atoms with E-state index in [9.17, 15) is 19.2 Å². The number of aromatic amines is 1. The van der Waals surface area contributed by atoms with Crippen LogP contribution in [0.5, 0.6) is 0 Å². The molecule has 0 aromatic carbocycles. The molecule has 2 amide bonds. The van der Waals surface area contributed by atoms with Crippen LogP contribution < -0.4 is 10.6 Å². The predicted octanol–water partition coefficient (Wildman–Crippen LogP) is -2.03. The summed E-state index contributed by atoms with van der Waals surface area (Å²) in [6, 6.07) is -1.15. The molecule has 1 atom stereocenters. The monoisotopic (exact) mass is 295 g/mol. The molecule has 0 saturated heterocycles. The second-order valence-electron chi connectivity index (χ2n) is 3.92. The molecule has 10 nitrogen and oxygen atoms in total. The maximum absolute atomic E-state index is 11.5. The Morgan fingerprint density at radius 3 is 2.76 bits per heavy atom. The van der Waals surface area contributed by atoms with Crippen LogP contribution in [0.3, 0.4) is 0 Å². The zero-order valence-electron chi connectivity index (χ0n) is 10.8. The lowest BCUT2D eigenvalue weighted by Gasteiger charge is -2.13. The van der Waals surface area contributed by atoms with E-state index >= 15 is 0 Å². The second kappa shape index (κ2) is 8.23. The van der Waals surface area contributed by atoms with E-state index < -0.39 is 36.9 Å². The molecular formula is C11H13N5O5. The fourth-order valence-electron chi connectivity index (χ4n) is 1.40. The highest BCUT2D eigenvalue weighted by Gasteiger charge is 2.21. The number of H-pyrrole nitrogens is 1. The van der Waals surface area contributed by atoms with Crippen LogP contribution in [0, 0.1) is 0 Å². The van der Waals surface area contributed by atoms with E-state index in [4.69, 9.17) is 5.11 Å². The largest absolute Gasteiger partial charge is 0.480 e. The zero-order valence-corrected chi connectivity index (χ0v) is 10.8. The van der Waals surface area contributed by atoms with Crippen LogP contribution in [0.4, 0.5) is 0 Å². The van der Waals surface area contributed by atoms with Crippen molar-refractivity contribution in [2.75, 3.05) is 13.1 Å². The Balaban J connectivity index is 2.44. The summed E-state index contributed by atoms with van der Waals surface area (Å²) in [5.74, 6) is -2.53. The molecule has 1 heterocycles. The summed E-state index contributed by atoms with van der Waals surface area (Å²) >= 11 is 0. The summed E-state index contributed by atoms with van der Waals surface area (Å²) in [5, 5.41) is 13.5. The van der Waals surface area contributed by atoms with Gasteiger partial charge in [0.2, 0.25) is 17.9 Å². The number of nitrogens with zero attached hydrogens (tertiary/aromatic N) is 2. The number of carboxylic acid groups (broad SMARTS) is 1. The number of imidazole rings is 1. The van der Waals surface area contributed by atoms with Gasteiger partial charge in [-0.25, -0.2) is 14.6 Å². The molecule has 0 radical (unpaired) electrons. The van der Waals surface area contributed by atoms with E-state index in [1.807, 2.05) is 0 Å². The molecule has 10 heteroatoms. The standard InChI is InChI=1S/C11H13N5O5/c17-6-13-3-9(18)14-4-10(19)16-8(11(20)21)1-7-2-12-5-15-7/h2,5,8H,1,3-4H2,(H,12,15)(H,14,18)(H,16,19)(H,20,21). The van der Waals surface area contributed by atoms with E-state index in [2.05, 4.69) is 25.6 Å². The minimum atomic E-state index is -1.21. The fraction of sp³-hybridized carbons (Fsp3) is 0.364. The lowest BCUT2D eigenvalue weighted by atomic mass is 10.1. The van der Waals surface area contributed by atoms with Crippen molar-refractivity contribution in [3.05, 3.63) is 18.2 Å². The van der Waals surface area contributed by atoms with Gasteiger partial charge in [-0.3, -0.25) is 9.59 Å². The number of carbonyl (C=O) groups excluding carboxylic acids is 3. The molecule has 112 valence electrons. The summed E-state index contributed by atoms with van der Waals surface area (Å²) in [7, 11) is 0. The third-order valence-electron chi connectivity index (χ3n) is 2.35. The number of aliphatic imine (C=N–C) groups is 1. The molecule has 1 aromatic rings. The Morgan fingerprint density at radius 1 is 1.43 bits per heavy atom.